The lowest BCUT2D eigenvalue weighted by molar-refractivity contribution is -0.147. The molecule has 0 unspecified atom stereocenters. The lowest BCUT2D eigenvalue weighted by Crippen LogP contribution is -2.56. The van der Waals surface area contributed by atoms with Gasteiger partial charge in [0.2, 0.25) is 0 Å². The highest BCUT2D eigenvalue weighted by atomic mass is 16.3. The number of aliphatic hydroxyl groups excluding tert-OH is 1. The van der Waals surface area contributed by atoms with Crippen LogP contribution in [0, 0.1) is 34.5 Å². The Morgan fingerprint density at radius 1 is 1.17 bits per heavy atom. The Morgan fingerprint density at radius 3 is 2.65 bits per heavy atom. The van der Waals surface area contributed by atoms with Crippen LogP contribution in [-0.2, 0) is 9.59 Å². The molecule has 4 aliphatic carbocycles. The lowest BCUT2D eigenvalue weighted by atomic mass is 9.46. The maximum absolute atomic E-state index is 12.7. The van der Waals surface area contributed by atoms with E-state index >= 15 is 0 Å². The van der Waals surface area contributed by atoms with Gasteiger partial charge in [0.15, 0.2) is 5.78 Å². The van der Waals surface area contributed by atoms with E-state index in [0.717, 1.165) is 25.7 Å². The zero-order valence-electron chi connectivity index (χ0n) is 14.5. The predicted molar refractivity (Wildman–Crippen MR) is 87.7 cm³/mol. The molecule has 1 N–H and O–H groups in total. The molecule has 0 heterocycles. The number of ketones is 2. The highest BCUT2D eigenvalue weighted by molar-refractivity contribution is 5.92. The van der Waals surface area contributed by atoms with Gasteiger partial charge in [-0.15, -0.1) is 0 Å². The monoisotopic (exact) mass is 316 g/mol. The van der Waals surface area contributed by atoms with Crippen molar-refractivity contribution in [2.45, 2.75) is 65.4 Å². The molecule has 4 aliphatic rings. The third-order valence-electron chi connectivity index (χ3n) is 7.90. The van der Waals surface area contributed by atoms with E-state index in [9.17, 15) is 14.7 Å². The van der Waals surface area contributed by atoms with Crippen molar-refractivity contribution in [2.75, 3.05) is 0 Å². The van der Waals surface area contributed by atoms with Gasteiger partial charge < -0.3 is 5.11 Å². The SMILES string of the molecule is C[C@H]1C[C@H]2[C@@H]3CCC4=CC(=O)CC[C@]4(C)[C@H]3[C@@H](O)C[C@]2(C)C1=O. The predicted octanol–water partition coefficient (Wildman–Crippen LogP) is 3.30. The largest absolute Gasteiger partial charge is 0.393 e. The van der Waals surface area contributed by atoms with E-state index in [4.69, 9.17) is 0 Å². The first-order valence-corrected chi connectivity index (χ1v) is 9.23. The molecule has 0 aromatic carbocycles. The van der Waals surface area contributed by atoms with Gasteiger partial charge in [-0.3, -0.25) is 9.59 Å². The number of hydrogen-bond acceptors (Lipinski definition) is 3. The van der Waals surface area contributed by atoms with Crippen LogP contribution in [0.1, 0.15) is 59.3 Å². The van der Waals surface area contributed by atoms with Gasteiger partial charge in [0.25, 0.3) is 0 Å². The van der Waals surface area contributed by atoms with Crippen LogP contribution in [-0.4, -0.2) is 22.8 Å². The third-order valence-corrected chi connectivity index (χ3v) is 7.90. The van der Waals surface area contributed by atoms with Crippen LogP contribution in [0.4, 0.5) is 0 Å². The molecular formula is C20H28O3. The minimum atomic E-state index is -0.419. The van der Waals surface area contributed by atoms with Crippen LogP contribution in [0.2, 0.25) is 0 Å². The molecule has 0 radical (unpaired) electrons. The number of carbonyl (C=O) groups excluding carboxylic acids is 2. The Hall–Kier alpha value is -0.960. The molecule has 3 nitrogen and oxygen atoms in total. The van der Waals surface area contributed by atoms with E-state index in [1.54, 1.807) is 0 Å². The van der Waals surface area contributed by atoms with Gasteiger partial charge >= 0.3 is 0 Å². The van der Waals surface area contributed by atoms with Crippen LogP contribution >= 0.6 is 0 Å². The standard InChI is InChI=1S/C20H28O3/c1-11-8-15-14-5-4-12-9-13(21)6-7-19(12,2)17(14)16(22)10-20(15,3)18(11)23/h9,11,14-17,22H,4-8,10H2,1-3H3/t11-,14-,15-,16-,17+,19-,20-/m0/s1. The van der Waals surface area contributed by atoms with Gasteiger partial charge in [0, 0.05) is 17.8 Å². The Morgan fingerprint density at radius 2 is 1.91 bits per heavy atom. The molecule has 0 bridgehead atoms. The van der Waals surface area contributed by atoms with Crippen molar-refractivity contribution in [2.24, 2.45) is 34.5 Å². The summed E-state index contributed by atoms with van der Waals surface area (Å²) in [7, 11) is 0. The van der Waals surface area contributed by atoms with E-state index in [2.05, 4.69) is 20.8 Å². The molecule has 0 aliphatic heterocycles. The summed E-state index contributed by atoms with van der Waals surface area (Å²) in [5.74, 6) is 1.80. The van der Waals surface area contributed by atoms with Crippen LogP contribution in [0.15, 0.2) is 11.6 Å². The van der Waals surface area contributed by atoms with E-state index in [1.165, 1.54) is 5.57 Å². The van der Waals surface area contributed by atoms with Gasteiger partial charge in [-0.05, 0) is 61.3 Å². The maximum Gasteiger partial charge on any atom is 0.155 e. The quantitative estimate of drug-likeness (QED) is 0.746. The average Bonchev–Trinajstić information content (AvgIpc) is 2.71. The molecular weight excluding hydrogens is 288 g/mol. The normalized spacial score (nSPS) is 52.5. The molecule has 3 fully saturated rings. The molecule has 0 saturated heterocycles. The van der Waals surface area contributed by atoms with Gasteiger partial charge in [-0.1, -0.05) is 26.3 Å². The number of fused-ring (bicyclic) bond motifs is 5. The van der Waals surface area contributed by atoms with Crippen molar-refractivity contribution in [1.29, 1.82) is 0 Å². The minimum Gasteiger partial charge on any atom is -0.393 e. The maximum atomic E-state index is 12.7. The zero-order chi connectivity index (χ0) is 16.6. The summed E-state index contributed by atoms with van der Waals surface area (Å²) in [6, 6.07) is 0. The fourth-order valence-electron chi connectivity index (χ4n) is 6.80. The summed E-state index contributed by atoms with van der Waals surface area (Å²) in [5, 5.41) is 11.0. The Kier molecular flexibility index (Phi) is 3.23. The van der Waals surface area contributed by atoms with Crippen LogP contribution in [0.5, 0.6) is 0 Å². The number of aliphatic hydroxyl groups is 1. The molecule has 126 valence electrons. The van der Waals surface area contributed by atoms with Crippen molar-refractivity contribution in [3.8, 4) is 0 Å². The molecule has 0 aromatic heterocycles. The summed E-state index contributed by atoms with van der Waals surface area (Å²) in [4.78, 5) is 24.6. The van der Waals surface area contributed by atoms with Gasteiger partial charge in [0.05, 0.1) is 6.10 Å². The van der Waals surface area contributed by atoms with E-state index < -0.39 is 6.10 Å². The third kappa shape index (κ3) is 1.92. The molecule has 3 heteroatoms. The van der Waals surface area contributed by atoms with Crippen molar-refractivity contribution in [1.82, 2.24) is 0 Å². The number of carbonyl (C=O) groups is 2. The summed E-state index contributed by atoms with van der Waals surface area (Å²) < 4.78 is 0. The average molecular weight is 316 g/mol. The summed E-state index contributed by atoms with van der Waals surface area (Å²) in [5.41, 5.74) is 0.879. The number of hydrogen-bond donors (Lipinski definition) is 1. The van der Waals surface area contributed by atoms with Gasteiger partial charge in [-0.2, -0.15) is 0 Å². The van der Waals surface area contributed by atoms with Crippen molar-refractivity contribution in [3.63, 3.8) is 0 Å². The summed E-state index contributed by atoms with van der Waals surface area (Å²) in [6.45, 7) is 6.41. The van der Waals surface area contributed by atoms with Crippen LogP contribution in [0.3, 0.4) is 0 Å². The Balaban J connectivity index is 1.76. The van der Waals surface area contributed by atoms with E-state index in [0.29, 0.717) is 30.5 Å². The van der Waals surface area contributed by atoms with Gasteiger partial charge in [0.1, 0.15) is 5.78 Å². The summed E-state index contributed by atoms with van der Waals surface area (Å²) in [6.07, 6.45) is 6.49. The molecule has 3 saturated carbocycles. The van der Waals surface area contributed by atoms with Crippen LogP contribution < -0.4 is 0 Å². The fourth-order valence-corrected chi connectivity index (χ4v) is 6.80. The topological polar surface area (TPSA) is 54.4 Å². The second kappa shape index (κ2) is 4.78. The lowest BCUT2D eigenvalue weighted by Gasteiger charge is -2.58. The number of rotatable bonds is 0. The molecule has 0 spiro atoms. The molecule has 4 rings (SSSR count). The smallest absolute Gasteiger partial charge is 0.155 e. The van der Waals surface area contributed by atoms with Gasteiger partial charge in [-0.25, -0.2) is 0 Å². The fraction of sp³-hybridized carbons (Fsp3) is 0.800. The molecule has 0 amide bonds. The van der Waals surface area contributed by atoms with E-state index in [1.807, 2.05) is 6.08 Å². The van der Waals surface area contributed by atoms with E-state index in [-0.39, 0.29) is 28.4 Å². The second-order valence-corrected chi connectivity index (χ2v) is 9.08. The first kappa shape index (κ1) is 15.6. The molecule has 23 heavy (non-hydrogen) atoms. The minimum absolute atomic E-state index is 0.0492. The summed E-state index contributed by atoms with van der Waals surface area (Å²) >= 11 is 0. The molecule has 0 aromatic rings. The Labute approximate surface area is 138 Å². The van der Waals surface area contributed by atoms with Crippen LogP contribution in [0.25, 0.3) is 0 Å². The Bertz CT molecular complexity index is 606. The number of Topliss-reactive ketones (excluding diaryl/α,β-unsaturated/α-hetero) is 1. The number of allylic oxidation sites excluding steroid dienone is 1. The van der Waals surface area contributed by atoms with Crippen molar-refractivity contribution < 1.29 is 14.7 Å². The van der Waals surface area contributed by atoms with Crippen molar-refractivity contribution in [3.05, 3.63) is 11.6 Å². The highest BCUT2D eigenvalue weighted by Crippen LogP contribution is 2.65. The highest BCUT2D eigenvalue weighted by Gasteiger charge is 2.63. The molecule has 7 atom stereocenters. The first-order chi connectivity index (χ1) is 10.8. The second-order valence-electron chi connectivity index (χ2n) is 9.08. The van der Waals surface area contributed by atoms with Crippen molar-refractivity contribution >= 4 is 11.6 Å². The first-order valence-electron chi connectivity index (χ1n) is 9.23. The zero-order valence-corrected chi connectivity index (χ0v) is 14.5.